The number of benzene rings is 1. The van der Waals surface area contributed by atoms with Gasteiger partial charge in [-0.05, 0) is 77.3 Å². The molecule has 6 rings (SSSR count). The van der Waals surface area contributed by atoms with Gasteiger partial charge in [-0.2, -0.15) is 0 Å². The van der Waals surface area contributed by atoms with Crippen LogP contribution < -0.4 is 24.2 Å². The third-order valence-corrected chi connectivity index (χ3v) is 12.4. The molecule has 278 valence electrons. The molecule has 0 unspecified atom stereocenters. The Balaban J connectivity index is 1.33. The Morgan fingerprint density at radius 3 is 2.63 bits per heavy atom. The van der Waals surface area contributed by atoms with Crippen molar-refractivity contribution in [1.29, 1.82) is 0 Å². The number of aliphatic hydroxyl groups excluding tert-OH is 1. The van der Waals surface area contributed by atoms with Crippen LogP contribution >= 0.6 is 0 Å². The molecular weight excluding hydrogens is 676 g/mol. The fourth-order valence-corrected chi connectivity index (χ4v) is 8.90. The van der Waals surface area contributed by atoms with Gasteiger partial charge in [0.1, 0.15) is 17.6 Å². The van der Waals surface area contributed by atoms with Gasteiger partial charge in [-0.25, -0.2) is 13.4 Å². The van der Waals surface area contributed by atoms with Crippen LogP contribution in [0.5, 0.6) is 17.4 Å². The molecule has 3 heterocycles. The van der Waals surface area contributed by atoms with Gasteiger partial charge in [-0.1, -0.05) is 25.0 Å². The standard InChI is InChI=1S/C37H50N4O9S/c1-22(2)49-33-17-32(27-14-15-31(48-4)23(3)34(27)39-33)50-25-16-29-30(43)19-37(36(45)40-51(46,47)26-12-13-26)18-24(37)10-8-6-5-7-9-11-28(38-21-42)35(44)41(29)20-25/h8,10,14-15,17,22,24-26,28-29,38,42H,5-7,9,11-13,16,18-21H2,1-4H3,(H,40,45)/b10-8-/t24-,25-,28+,29+,37-/m1/s1. The minimum Gasteiger partial charge on any atom is -0.496 e. The number of ether oxygens (including phenoxy) is 3. The summed E-state index contributed by atoms with van der Waals surface area (Å²) in [4.78, 5) is 48.5. The molecule has 0 bridgehead atoms. The molecular formula is C37H50N4O9S. The second kappa shape index (κ2) is 15.1. The maximum absolute atomic E-state index is 14.4. The molecule has 2 aromatic rings. The fraction of sp³-hybridized carbons (Fsp3) is 0.622. The first-order chi connectivity index (χ1) is 24.4. The summed E-state index contributed by atoms with van der Waals surface area (Å²) in [6, 6.07) is 3.76. The quantitative estimate of drug-likeness (QED) is 0.241. The van der Waals surface area contributed by atoms with E-state index in [1.807, 2.05) is 45.1 Å². The molecule has 3 fully saturated rings. The molecule has 0 radical (unpaired) electrons. The summed E-state index contributed by atoms with van der Waals surface area (Å²) in [5, 5.41) is 12.8. The summed E-state index contributed by atoms with van der Waals surface area (Å²) in [5.74, 6) is -0.101. The lowest BCUT2D eigenvalue weighted by molar-refractivity contribution is -0.141. The Kier molecular flexibility index (Phi) is 10.9. The number of hydrogen-bond acceptors (Lipinski definition) is 11. The second-order valence-corrected chi connectivity index (χ2v) is 16.6. The number of aliphatic hydroxyl groups is 1. The van der Waals surface area contributed by atoms with Crippen molar-refractivity contribution in [1.82, 2.24) is 19.9 Å². The number of nitrogens with one attached hydrogen (secondary N) is 2. The molecule has 5 atom stereocenters. The Morgan fingerprint density at radius 2 is 1.92 bits per heavy atom. The normalized spacial score (nSPS) is 28.0. The number of methoxy groups -OCH3 is 1. The number of Topliss-reactive ketones (excluding diaryl/α,β-unsaturated/α-hetero) is 1. The van der Waals surface area contributed by atoms with Crippen molar-refractivity contribution in [2.75, 3.05) is 20.4 Å². The molecule has 0 spiro atoms. The van der Waals surface area contributed by atoms with Crippen molar-refractivity contribution in [2.24, 2.45) is 11.3 Å². The molecule has 2 amide bonds. The van der Waals surface area contributed by atoms with Gasteiger partial charge in [0, 0.05) is 29.9 Å². The van der Waals surface area contributed by atoms with E-state index in [-0.39, 0.29) is 43.1 Å². The molecule has 1 saturated heterocycles. The zero-order valence-corrected chi connectivity index (χ0v) is 30.7. The van der Waals surface area contributed by atoms with E-state index in [0.717, 1.165) is 31.2 Å². The molecule has 2 aliphatic carbocycles. The van der Waals surface area contributed by atoms with Gasteiger partial charge in [0.15, 0.2) is 5.78 Å². The number of hydrogen-bond donors (Lipinski definition) is 3. The second-order valence-electron chi connectivity index (χ2n) is 14.7. The molecule has 3 N–H and O–H groups in total. The first-order valence-electron chi connectivity index (χ1n) is 18.1. The van der Waals surface area contributed by atoms with Crippen LogP contribution in [0.15, 0.2) is 30.4 Å². The van der Waals surface area contributed by atoms with Gasteiger partial charge in [-0.15, -0.1) is 0 Å². The number of sulfonamides is 1. The van der Waals surface area contributed by atoms with Crippen molar-refractivity contribution >= 4 is 38.5 Å². The molecule has 2 aliphatic heterocycles. The summed E-state index contributed by atoms with van der Waals surface area (Å²) >= 11 is 0. The van der Waals surface area contributed by atoms with Gasteiger partial charge in [0.05, 0.1) is 54.8 Å². The molecule has 1 aromatic carbocycles. The highest BCUT2D eigenvalue weighted by Crippen LogP contribution is 2.57. The minimum atomic E-state index is -3.83. The van der Waals surface area contributed by atoms with E-state index in [2.05, 4.69) is 10.0 Å². The van der Waals surface area contributed by atoms with Crippen LogP contribution in [0, 0.1) is 18.3 Å². The zero-order chi connectivity index (χ0) is 36.5. The highest BCUT2D eigenvalue weighted by molar-refractivity contribution is 7.90. The molecule has 1 aromatic heterocycles. The third-order valence-electron chi connectivity index (χ3n) is 10.6. The number of pyridine rings is 1. The first-order valence-corrected chi connectivity index (χ1v) is 19.6. The monoisotopic (exact) mass is 726 g/mol. The molecule has 51 heavy (non-hydrogen) atoms. The highest BCUT2D eigenvalue weighted by atomic mass is 32.2. The summed E-state index contributed by atoms with van der Waals surface area (Å²) in [6.07, 6.45) is 8.20. The Morgan fingerprint density at radius 1 is 1.14 bits per heavy atom. The molecule has 13 nitrogen and oxygen atoms in total. The average molecular weight is 727 g/mol. The summed E-state index contributed by atoms with van der Waals surface area (Å²) in [6.45, 7) is 5.38. The van der Waals surface area contributed by atoms with Crippen LogP contribution in [0.25, 0.3) is 10.9 Å². The lowest BCUT2D eigenvalue weighted by Gasteiger charge is -2.29. The number of fused-ring (bicyclic) bond motifs is 3. The van der Waals surface area contributed by atoms with Gasteiger partial charge in [0.25, 0.3) is 0 Å². The third kappa shape index (κ3) is 8.02. The number of amides is 2. The van der Waals surface area contributed by atoms with Crippen molar-refractivity contribution in [3.8, 4) is 17.4 Å². The molecule has 2 saturated carbocycles. The van der Waals surface area contributed by atoms with E-state index in [9.17, 15) is 27.9 Å². The first kappa shape index (κ1) is 37.0. The Labute approximate surface area is 299 Å². The Hall–Kier alpha value is -3.75. The smallest absolute Gasteiger partial charge is 0.240 e. The highest BCUT2D eigenvalue weighted by Gasteiger charge is 2.61. The lowest BCUT2D eigenvalue weighted by Crippen LogP contribution is -2.51. The number of nitrogens with zero attached hydrogens (tertiary/aromatic N) is 2. The minimum absolute atomic E-state index is 0.0940. The van der Waals surface area contributed by atoms with Gasteiger partial charge < -0.3 is 24.2 Å². The van der Waals surface area contributed by atoms with Crippen LogP contribution in [0.2, 0.25) is 0 Å². The van der Waals surface area contributed by atoms with E-state index < -0.39 is 51.5 Å². The zero-order valence-electron chi connectivity index (χ0n) is 29.9. The van der Waals surface area contributed by atoms with E-state index >= 15 is 0 Å². The van der Waals surface area contributed by atoms with E-state index in [0.29, 0.717) is 54.0 Å². The lowest BCUT2D eigenvalue weighted by atomic mass is 9.91. The molecule has 14 heteroatoms. The van der Waals surface area contributed by atoms with Crippen LogP contribution in [-0.2, 0) is 24.4 Å². The van der Waals surface area contributed by atoms with E-state index in [4.69, 9.17) is 19.2 Å². The predicted molar refractivity (Wildman–Crippen MR) is 190 cm³/mol. The van der Waals surface area contributed by atoms with Crippen LogP contribution in [0.3, 0.4) is 0 Å². The number of allylic oxidation sites excluding steroid dienone is 2. The van der Waals surface area contributed by atoms with Gasteiger partial charge in [0.2, 0.25) is 27.7 Å². The van der Waals surface area contributed by atoms with Crippen molar-refractivity contribution in [2.45, 2.75) is 115 Å². The maximum atomic E-state index is 14.4. The van der Waals surface area contributed by atoms with Crippen molar-refractivity contribution in [3.63, 3.8) is 0 Å². The SMILES string of the molecule is COc1ccc2c(O[C@@H]3C[C@H]4C(=O)C[C@]5(C(=O)NS(=O)(=O)C6CC6)C[C@H]5/C=C\CCCCC[C@H](NCO)C(=O)N4C3)cc(OC(C)C)nc2c1C. The number of rotatable bonds is 10. The van der Waals surface area contributed by atoms with Crippen LogP contribution in [0.4, 0.5) is 0 Å². The van der Waals surface area contributed by atoms with Crippen LogP contribution in [0.1, 0.15) is 83.6 Å². The number of carbonyl (C=O) groups excluding carboxylic acids is 3. The Bertz CT molecular complexity index is 1790. The largest absolute Gasteiger partial charge is 0.496 e. The summed E-state index contributed by atoms with van der Waals surface area (Å²) < 4.78 is 46.1. The summed E-state index contributed by atoms with van der Waals surface area (Å²) in [5.41, 5.74) is 0.223. The number of aryl methyl sites for hydroxylation is 1. The van der Waals surface area contributed by atoms with E-state index in [1.165, 1.54) is 4.90 Å². The van der Waals surface area contributed by atoms with Crippen molar-refractivity contribution in [3.05, 3.63) is 35.9 Å². The van der Waals surface area contributed by atoms with Gasteiger partial charge in [-0.3, -0.25) is 24.4 Å². The number of ketones is 1. The summed E-state index contributed by atoms with van der Waals surface area (Å²) in [7, 11) is -2.24. The maximum Gasteiger partial charge on any atom is 0.240 e. The predicted octanol–water partition coefficient (Wildman–Crippen LogP) is 3.69. The van der Waals surface area contributed by atoms with Crippen LogP contribution in [-0.4, -0.2) is 90.9 Å². The molecule has 4 aliphatic rings. The van der Waals surface area contributed by atoms with Gasteiger partial charge >= 0.3 is 0 Å². The number of aromatic nitrogens is 1. The number of carbonyl (C=O) groups is 3. The topological polar surface area (TPSA) is 173 Å². The fourth-order valence-electron chi connectivity index (χ4n) is 7.51. The average Bonchev–Trinajstić information content (AvgIpc) is 4.00. The van der Waals surface area contributed by atoms with Crippen molar-refractivity contribution < 1.29 is 42.1 Å². The van der Waals surface area contributed by atoms with E-state index in [1.54, 1.807) is 13.2 Å².